The van der Waals surface area contributed by atoms with E-state index >= 15 is 8.78 Å². The number of nitrogens with one attached hydrogen (secondary N) is 1. The van der Waals surface area contributed by atoms with Gasteiger partial charge in [0, 0.05) is 61.4 Å². The number of anilines is 1. The summed E-state index contributed by atoms with van der Waals surface area (Å²) in [4.78, 5) is 62.7. The number of halogens is 4. The van der Waals surface area contributed by atoms with Crippen LogP contribution >= 0.6 is 23.2 Å². The van der Waals surface area contributed by atoms with Crippen LogP contribution in [0.5, 0.6) is 11.5 Å². The Hall–Kier alpha value is -5.16. The second-order valence-corrected chi connectivity index (χ2v) is 15.3. The SMILES string of the molecule is COC(=O)COc1cc(F)c(-c2c(Cl)n3n(c2=O)CCC(CC2C[C@@H]2C2Oc4cc(F)c(-c5c(Cl)n6n(c5=O)CCCCC6)cc4NC2=O)CC3)cc1[N+](=O)[O-]. The first-order chi connectivity index (χ1) is 26.9. The molecule has 1 saturated carbocycles. The van der Waals surface area contributed by atoms with Crippen LogP contribution in [0.15, 0.2) is 33.9 Å². The molecular weight excluding hydrogens is 781 g/mol. The van der Waals surface area contributed by atoms with Gasteiger partial charge in [0.25, 0.3) is 17.0 Å². The molecule has 5 heterocycles. The van der Waals surface area contributed by atoms with Gasteiger partial charge in [0.2, 0.25) is 5.75 Å². The average molecular weight is 818 g/mol. The lowest BCUT2D eigenvalue weighted by Gasteiger charge is -2.27. The number of esters is 1. The topological polar surface area (TPSA) is 171 Å². The lowest BCUT2D eigenvalue weighted by molar-refractivity contribution is -0.385. The fraction of sp³-hybridized carbons (Fsp3) is 0.459. The minimum Gasteiger partial charge on any atom is -0.478 e. The van der Waals surface area contributed by atoms with Crippen LogP contribution in [-0.4, -0.2) is 55.3 Å². The first-order valence-electron chi connectivity index (χ1n) is 18.3. The Balaban J connectivity index is 0.938. The molecule has 8 rings (SSSR count). The van der Waals surface area contributed by atoms with Crippen molar-refractivity contribution in [2.45, 2.75) is 77.2 Å². The van der Waals surface area contributed by atoms with E-state index in [-0.39, 0.29) is 79.8 Å². The Morgan fingerprint density at radius 3 is 2.20 bits per heavy atom. The van der Waals surface area contributed by atoms with Gasteiger partial charge in [-0.05, 0) is 62.8 Å². The van der Waals surface area contributed by atoms with Crippen LogP contribution in [0, 0.1) is 39.5 Å². The molecule has 0 bridgehead atoms. The smallest absolute Gasteiger partial charge is 0.343 e. The molecule has 2 aromatic heterocycles. The van der Waals surface area contributed by atoms with Gasteiger partial charge in [0.05, 0.1) is 28.8 Å². The highest BCUT2D eigenvalue weighted by molar-refractivity contribution is 6.32. The Morgan fingerprint density at radius 1 is 0.911 bits per heavy atom. The molecule has 19 heteroatoms. The minimum atomic E-state index is -0.997. The predicted molar refractivity (Wildman–Crippen MR) is 198 cm³/mol. The van der Waals surface area contributed by atoms with E-state index in [2.05, 4.69) is 10.1 Å². The molecule has 2 aromatic carbocycles. The van der Waals surface area contributed by atoms with Crippen LogP contribution < -0.4 is 25.9 Å². The van der Waals surface area contributed by atoms with E-state index in [9.17, 15) is 29.3 Å². The Kier molecular flexibility index (Phi) is 9.93. The van der Waals surface area contributed by atoms with Crippen molar-refractivity contribution in [2.24, 2.45) is 17.8 Å². The molecule has 3 aliphatic heterocycles. The van der Waals surface area contributed by atoms with Gasteiger partial charge in [-0.2, -0.15) is 0 Å². The first-order valence-corrected chi connectivity index (χ1v) is 19.1. The molecule has 1 N–H and O–H groups in total. The molecule has 4 aliphatic rings. The van der Waals surface area contributed by atoms with Gasteiger partial charge in [0.1, 0.15) is 27.7 Å². The van der Waals surface area contributed by atoms with Crippen molar-refractivity contribution in [1.29, 1.82) is 0 Å². The molecule has 4 atom stereocenters. The van der Waals surface area contributed by atoms with Gasteiger partial charge < -0.3 is 19.5 Å². The summed E-state index contributed by atoms with van der Waals surface area (Å²) in [6, 6.07) is 4.19. The molecule has 1 fully saturated rings. The van der Waals surface area contributed by atoms with E-state index in [4.69, 9.17) is 32.7 Å². The Morgan fingerprint density at radius 2 is 1.52 bits per heavy atom. The molecule has 56 heavy (non-hydrogen) atoms. The summed E-state index contributed by atoms with van der Waals surface area (Å²) >= 11 is 13.3. The van der Waals surface area contributed by atoms with E-state index < -0.39 is 52.2 Å². The van der Waals surface area contributed by atoms with Crippen molar-refractivity contribution in [3.63, 3.8) is 0 Å². The number of rotatable bonds is 9. The van der Waals surface area contributed by atoms with Crippen molar-refractivity contribution < 1.29 is 37.5 Å². The monoisotopic (exact) mass is 816 g/mol. The van der Waals surface area contributed by atoms with E-state index in [1.54, 1.807) is 14.0 Å². The standard InChI is InChI=1S/C37H36Cl2F2N6O9/c1-54-29(48)17-55-28-16-24(41)22(14-26(28)47(52)53)31-34(39)44-9-5-18(6-10-46(44)37(31)51)11-19-12-20(19)32-35(49)42-25-13-21(23(40)15-27(25)56-32)30-33(38)43-7-3-2-4-8-45(43)36(30)50/h13-16,18-20,32H,2-12,17H2,1H3,(H,42,49)/t18?,19?,20-,32?/m0/s1. The van der Waals surface area contributed by atoms with Crippen molar-refractivity contribution in [1.82, 2.24) is 18.7 Å². The minimum absolute atomic E-state index is 0.00458. The molecule has 0 saturated heterocycles. The maximum absolute atomic E-state index is 15.6. The zero-order valence-electron chi connectivity index (χ0n) is 30.0. The lowest BCUT2D eigenvalue weighted by atomic mass is 9.93. The summed E-state index contributed by atoms with van der Waals surface area (Å²) < 4.78 is 52.9. The van der Waals surface area contributed by atoms with Crippen LogP contribution in [0.25, 0.3) is 22.3 Å². The number of fused-ring (bicyclic) bond motifs is 3. The predicted octanol–water partition coefficient (Wildman–Crippen LogP) is 6.01. The van der Waals surface area contributed by atoms with E-state index in [1.165, 1.54) is 16.8 Å². The summed E-state index contributed by atoms with van der Waals surface area (Å²) in [6.45, 7) is 0.915. The molecule has 3 unspecified atom stereocenters. The van der Waals surface area contributed by atoms with Gasteiger partial charge in [0.15, 0.2) is 12.7 Å². The quantitative estimate of drug-likeness (QED) is 0.121. The number of aromatic nitrogens is 4. The molecule has 0 spiro atoms. The summed E-state index contributed by atoms with van der Waals surface area (Å²) in [5.74, 6) is -3.06. The summed E-state index contributed by atoms with van der Waals surface area (Å²) in [7, 11) is 1.10. The van der Waals surface area contributed by atoms with Crippen molar-refractivity contribution in [3.05, 3.63) is 77.0 Å². The zero-order chi connectivity index (χ0) is 39.6. The Labute approximate surface area is 326 Å². The number of carbonyl (C=O) groups excluding carboxylic acids is 2. The fourth-order valence-corrected chi connectivity index (χ4v) is 9.01. The highest BCUT2D eigenvalue weighted by Crippen LogP contribution is 2.50. The van der Waals surface area contributed by atoms with Crippen molar-refractivity contribution >= 4 is 46.5 Å². The van der Waals surface area contributed by atoms with Crippen molar-refractivity contribution in [2.75, 3.05) is 19.0 Å². The molecular formula is C37H36Cl2F2N6O9. The van der Waals surface area contributed by atoms with E-state index in [1.807, 2.05) is 0 Å². The lowest BCUT2D eigenvalue weighted by Crippen LogP contribution is -2.39. The van der Waals surface area contributed by atoms with Gasteiger partial charge in [-0.3, -0.25) is 33.9 Å². The maximum Gasteiger partial charge on any atom is 0.343 e. The first kappa shape index (κ1) is 37.7. The van der Waals surface area contributed by atoms with Crippen LogP contribution in [0.4, 0.5) is 20.2 Å². The van der Waals surface area contributed by atoms with E-state index in [0.29, 0.717) is 38.9 Å². The fourth-order valence-electron chi connectivity index (χ4n) is 8.30. The van der Waals surface area contributed by atoms with Crippen LogP contribution in [0.1, 0.15) is 44.9 Å². The number of ether oxygens (including phenoxy) is 3. The van der Waals surface area contributed by atoms with Gasteiger partial charge in [-0.25, -0.2) is 22.9 Å². The molecule has 1 aliphatic carbocycles. The van der Waals surface area contributed by atoms with Crippen LogP contribution in [0.2, 0.25) is 10.3 Å². The van der Waals surface area contributed by atoms with Crippen LogP contribution in [-0.2, 0) is 40.5 Å². The molecule has 0 radical (unpaired) electrons. The second-order valence-electron chi connectivity index (χ2n) is 14.6. The highest BCUT2D eigenvalue weighted by Gasteiger charge is 2.50. The molecule has 4 aromatic rings. The number of carbonyl (C=O) groups is 2. The number of amides is 1. The van der Waals surface area contributed by atoms with Gasteiger partial charge in [-0.15, -0.1) is 0 Å². The third kappa shape index (κ3) is 6.63. The average Bonchev–Trinajstić information content (AvgIpc) is 3.93. The maximum atomic E-state index is 15.6. The van der Waals surface area contributed by atoms with Crippen LogP contribution in [0.3, 0.4) is 0 Å². The van der Waals surface area contributed by atoms with Gasteiger partial charge in [-0.1, -0.05) is 23.2 Å². The summed E-state index contributed by atoms with van der Waals surface area (Å²) in [5, 5.41) is 14.7. The second kappa shape index (κ2) is 14.7. The van der Waals surface area contributed by atoms with Crippen molar-refractivity contribution in [3.8, 4) is 33.8 Å². The normalized spacial score (nSPS) is 21.4. The molecule has 1 amide bonds. The number of methoxy groups -OCH3 is 1. The summed E-state index contributed by atoms with van der Waals surface area (Å²) in [6.07, 6.45) is 4.42. The largest absolute Gasteiger partial charge is 0.478 e. The third-order valence-corrected chi connectivity index (χ3v) is 12.1. The number of hydrogen-bond donors (Lipinski definition) is 1. The van der Waals surface area contributed by atoms with E-state index in [0.717, 1.165) is 44.9 Å². The third-order valence-electron chi connectivity index (χ3n) is 11.3. The number of nitrogens with zero attached hydrogens (tertiary/aromatic N) is 5. The number of nitro benzene ring substituents is 1. The molecule has 15 nitrogen and oxygen atoms in total. The van der Waals surface area contributed by atoms with Gasteiger partial charge >= 0.3 is 11.7 Å². The number of nitro groups is 1. The highest BCUT2D eigenvalue weighted by atomic mass is 35.5. The summed E-state index contributed by atoms with van der Waals surface area (Å²) in [5.41, 5.74) is -1.95. The zero-order valence-corrected chi connectivity index (χ0v) is 31.5. The number of hydrogen-bond acceptors (Lipinski definition) is 9. The number of benzene rings is 2. The molecule has 296 valence electrons. The Bertz CT molecular complexity index is 2420.